The van der Waals surface area contributed by atoms with Crippen LogP contribution in [0.1, 0.15) is 20.3 Å². The Kier molecular flexibility index (Phi) is 7.73. The molecule has 3 rings (SSSR count). The Morgan fingerprint density at radius 3 is 2.48 bits per heavy atom. The van der Waals surface area contributed by atoms with Crippen molar-refractivity contribution in [3.05, 3.63) is 49.8 Å². The van der Waals surface area contributed by atoms with Gasteiger partial charge in [-0.1, -0.05) is 13.5 Å². The van der Waals surface area contributed by atoms with Gasteiger partial charge in [0.25, 0.3) is 5.56 Å². The van der Waals surface area contributed by atoms with Crippen LogP contribution in [0.4, 0.5) is 5.82 Å². The second kappa shape index (κ2) is 9.80. The zero-order chi connectivity index (χ0) is 18.5. The number of hydrogen-bond donors (Lipinski definition) is 0. The second-order valence-electron chi connectivity index (χ2n) is 6.40. The van der Waals surface area contributed by atoms with Crippen molar-refractivity contribution in [3.63, 3.8) is 0 Å². The lowest BCUT2D eigenvalue weighted by atomic mass is 10.2. The predicted octanol–water partition coefficient (Wildman–Crippen LogP) is 1.34. The summed E-state index contributed by atoms with van der Waals surface area (Å²) in [6, 6.07) is 5.98. The first-order valence-corrected chi connectivity index (χ1v) is 9.57. The van der Waals surface area contributed by atoms with Gasteiger partial charge in [-0.2, -0.15) is 5.10 Å². The first-order valence-electron chi connectivity index (χ1n) is 8.77. The van der Waals surface area contributed by atoms with Crippen molar-refractivity contribution >= 4 is 21.7 Å². The molecule has 0 amide bonds. The molecule has 3 heterocycles. The van der Waals surface area contributed by atoms with Crippen LogP contribution >= 0.6 is 15.9 Å². The molecule has 8 nitrogen and oxygen atoms in total. The summed E-state index contributed by atoms with van der Waals surface area (Å²) in [4.78, 5) is 32.5. The van der Waals surface area contributed by atoms with E-state index in [1.807, 2.05) is 18.2 Å². The van der Waals surface area contributed by atoms with Crippen molar-refractivity contribution in [2.24, 2.45) is 7.05 Å². The number of anilines is 1. The molecule has 0 N–H and O–H groups in total. The minimum absolute atomic E-state index is 0. The molecule has 27 heavy (non-hydrogen) atoms. The van der Waals surface area contributed by atoms with Gasteiger partial charge in [-0.25, -0.2) is 14.5 Å². The fourth-order valence-electron chi connectivity index (χ4n) is 3.05. The van der Waals surface area contributed by atoms with Crippen LogP contribution in [-0.4, -0.2) is 57.0 Å². The highest BCUT2D eigenvalue weighted by molar-refractivity contribution is 9.10. The van der Waals surface area contributed by atoms with Gasteiger partial charge in [-0.15, -0.1) is 0 Å². The molecule has 0 saturated carbocycles. The standard InChI is InChI=1S/C17H23BrN6O2.CH4/c1-21-16(25)13-19-24(17(21)26)8-3-2-7-22-9-11-23(12-10-22)15-6-4-5-14(18)20-15;/h4-6,13H,2-3,7-12H2,1H3;1H4. The third-order valence-corrected chi connectivity index (χ3v) is 5.08. The number of pyridine rings is 1. The van der Waals surface area contributed by atoms with E-state index in [1.54, 1.807) is 0 Å². The van der Waals surface area contributed by atoms with Gasteiger partial charge in [-0.3, -0.25) is 14.3 Å². The first-order chi connectivity index (χ1) is 12.5. The normalized spacial score (nSPS) is 14.8. The van der Waals surface area contributed by atoms with Crippen molar-refractivity contribution < 1.29 is 0 Å². The van der Waals surface area contributed by atoms with E-state index in [-0.39, 0.29) is 18.7 Å². The molecule has 0 atom stereocenters. The molecular formula is C18H27BrN6O2. The molecule has 0 aromatic carbocycles. The van der Waals surface area contributed by atoms with Crippen LogP contribution in [0.5, 0.6) is 0 Å². The van der Waals surface area contributed by atoms with E-state index in [2.05, 4.69) is 35.8 Å². The quantitative estimate of drug-likeness (QED) is 0.500. The van der Waals surface area contributed by atoms with E-state index in [1.165, 1.54) is 17.9 Å². The number of nitrogens with zero attached hydrogens (tertiary/aromatic N) is 6. The molecule has 1 saturated heterocycles. The number of aryl methyl sites for hydroxylation is 1. The Hall–Kier alpha value is -2.00. The number of aromatic nitrogens is 4. The van der Waals surface area contributed by atoms with E-state index in [0.717, 1.165) is 60.6 Å². The van der Waals surface area contributed by atoms with Gasteiger partial charge >= 0.3 is 5.69 Å². The lowest BCUT2D eigenvalue weighted by Gasteiger charge is -2.35. The van der Waals surface area contributed by atoms with E-state index < -0.39 is 0 Å². The fraction of sp³-hybridized carbons (Fsp3) is 0.556. The van der Waals surface area contributed by atoms with Crippen molar-refractivity contribution in [1.82, 2.24) is 24.2 Å². The smallest absolute Gasteiger partial charge is 0.347 e. The summed E-state index contributed by atoms with van der Waals surface area (Å²) in [6.07, 6.45) is 3.04. The van der Waals surface area contributed by atoms with Crippen LogP contribution in [0, 0.1) is 0 Å². The Labute approximate surface area is 167 Å². The largest absolute Gasteiger partial charge is 0.354 e. The second-order valence-corrected chi connectivity index (χ2v) is 7.21. The lowest BCUT2D eigenvalue weighted by molar-refractivity contribution is 0.249. The summed E-state index contributed by atoms with van der Waals surface area (Å²) in [5.74, 6) is 1.01. The van der Waals surface area contributed by atoms with Gasteiger partial charge in [-0.05, 0) is 47.4 Å². The molecule has 2 aromatic heterocycles. The Balaban J connectivity index is 0.00000261. The van der Waals surface area contributed by atoms with Gasteiger partial charge in [0.15, 0.2) is 0 Å². The number of rotatable bonds is 6. The Morgan fingerprint density at radius 1 is 1.07 bits per heavy atom. The molecule has 0 spiro atoms. The molecule has 1 fully saturated rings. The third-order valence-electron chi connectivity index (χ3n) is 4.64. The highest BCUT2D eigenvalue weighted by atomic mass is 79.9. The van der Waals surface area contributed by atoms with Crippen LogP contribution in [0.3, 0.4) is 0 Å². The molecule has 9 heteroatoms. The molecule has 2 aromatic rings. The maximum absolute atomic E-state index is 11.9. The minimum Gasteiger partial charge on any atom is -0.354 e. The predicted molar refractivity (Wildman–Crippen MR) is 110 cm³/mol. The van der Waals surface area contributed by atoms with Gasteiger partial charge in [0.1, 0.15) is 16.6 Å². The molecule has 1 aliphatic rings. The van der Waals surface area contributed by atoms with Crippen molar-refractivity contribution in [3.8, 4) is 0 Å². The summed E-state index contributed by atoms with van der Waals surface area (Å²) < 4.78 is 3.31. The summed E-state index contributed by atoms with van der Waals surface area (Å²) in [5.41, 5.74) is -0.725. The van der Waals surface area contributed by atoms with Crippen LogP contribution in [-0.2, 0) is 13.6 Å². The summed E-state index contributed by atoms with van der Waals surface area (Å²) >= 11 is 3.42. The molecule has 0 unspecified atom stereocenters. The lowest BCUT2D eigenvalue weighted by Crippen LogP contribution is -2.47. The van der Waals surface area contributed by atoms with Crippen LogP contribution < -0.4 is 16.1 Å². The van der Waals surface area contributed by atoms with Gasteiger partial charge in [0.05, 0.1) is 0 Å². The van der Waals surface area contributed by atoms with Crippen molar-refractivity contribution in [2.75, 3.05) is 37.6 Å². The highest BCUT2D eigenvalue weighted by Gasteiger charge is 2.17. The molecular weight excluding hydrogens is 412 g/mol. The van der Waals surface area contributed by atoms with Crippen LogP contribution in [0.15, 0.2) is 38.6 Å². The van der Waals surface area contributed by atoms with Crippen LogP contribution in [0.2, 0.25) is 0 Å². The number of hydrogen-bond acceptors (Lipinski definition) is 6. The van der Waals surface area contributed by atoms with Gasteiger partial charge in [0.2, 0.25) is 0 Å². The minimum atomic E-state index is -0.371. The molecule has 0 radical (unpaired) electrons. The number of unbranched alkanes of at least 4 members (excludes halogenated alkanes) is 1. The zero-order valence-corrected chi connectivity index (χ0v) is 16.4. The van der Waals surface area contributed by atoms with E-state index >= 15 is 0 Å². The van der Waals surface area contributed by atoms with Crippen LogP contribution in [0.25, 0.3) is 0 Å². The average Bonchev–Trinajstić information content (AvgIpc) is 2.65. The SMILES string of the molecule is C.Cn1c(=O)cnn(CCCCN2CCN(c3cccc(Br)n3)CC2)c1=O. The van der Waals surface area contributed by atoms with E-state index in [0.29, 0.717) is 6.54 Å². The van der Waals surface area contributed by atoms with Crippen molar-refractivity contribution in [2.45, 2.75) is 26.8 Å². The monoisotopic (exact) mass is 438 g/mol. The molecule has 0 bridgehead atoms. The molecule has 148 valence electrons. The molecule has 1 aliphatic heterocycles. The maximum atomic E-state index is 11.9. The zero-order valence-electron chi connectivity index (χ0n) is 14.8. The summed E-state index contributed by atoms with van der Waals surface area (Å²) in [6.45, 7) is 5.48. The van der Waals surface area contributed by atoms with Gasteiger partial charge in [0, 0.05) is 39.8 Å². The third kappa shape index (κ3) is 5.49. The molecule has 0 aliphatic carbocycles. The highest BCUT2D eigenvalue weighted by Crippen LogP contribution is 2.16. The number of piperazine rings is 1. The fourth-order valence-corrected chi connectivity index (χ4v) is 3.38. The average molecular weight is 439 g/mol. The first kappa shape index (κ1) is 21.3. The number of halogens is 1. The van der Waals surface area contributed by atoms with Crippen molar-refractivity contribution in [1.29, 1.82) is 0 Å². The van der Waals surface area contributed by atoms with Gasteiger partial charge < -0.3 is 4.90 Å². The Morgan fingerprint density at radius 2 is 1.78 bits per heavy atom. The van der Waals surface area contributed by atoms with E-state index in [4.69, 9.17) is 0 Å². The summed E-state index contributed by atoms with van der Waals surface area (Å²) in [5, 5.41) is 3.91. The Bertz CT molecular complexity index is 857. The topological polar surface area (TPSA) is 76.3 Å². The maximum Gasteiger partial charge on any atom is 0.347 e. The van der Waals surface area contributed by atoms with E-state index in [9.17, 15) is 9.59 Å². The summed E-state index contributed by atoms with van der Waals surface area (Å²) in [7, 11) is 1.47.